The van der Waals surface area contributed by atoms with E-state index in [2.05, 4.69) is 64.6 Å². The number of nitrogens with zero attached hydrogens (tertiary/aromatic N) is 4. The zero-order valence-electron chi connectivity index (χ0n) is 32.2. The van der Waals surface area contributed by atoms with Crippen molar-refractivity contribution in [3.63, 3.8) is 0 Å². The summed E-state index contributed by atoms with van der Waals surface area (Å²) in [4.78, 5) is 0. The Morgan fingerprint density at radius 1 is 0.385 bits per heavy atom. The second kappa shape index (κ2) is 21.0. The van der Waals surface area contributed by atoms with Gasteiger partial charge in [0.1, 0.15) is 11.5 Å². The molecule has 274 valence electrons. The van der Waals surface area contributed by atoms with Crippen molar-refractivity contribution in [1.82, 2.24) is 0 Å². The Hall–Kier alpha value is -4.62. The Morgan fingerprint density at radius 3 is 0.942 bits per heavy atom. The molecule has 4 rings (SSSR count). The molecule has 0 fully saturated rings. The predicted molar refractivity (Wildman–Crippen MR) is 214 cm³/mol. The minimum Gasteiger partial charge on any atom is -0.494 e. The Bertz CT molecular complexity index is 1550. The molecule has 0 aliphatic heterocycles. The summed E-state index contributed by atoms with van der Waals surface area (Å²) in [5, 5.41) is 18.0. The predicted octanol–water partition coefficient (Wildman–Crippen LogP) is 10.3. The molecule has 0 unspecified atom stereocenters. The molecule has 0 heterocycles. The zero-order chi connectivity index (χ0) is 37.1. The minimum absolute atomic E-state index is 0.680. The first-order valence-electron chi connectivity index (χ1n) is 19.3. The monoisotopic (exact) mass is 700 g/mol. The van der Waals surface area contributed by atoms with Gasteiger partial charge in [-0.1, -0.05) is 48.5 Å². The van der Waals surface area contributed by atoms with E-state index in [-0.39, 0.29) is 0 Å². The number of hydrogen-bond donors (Lipinski definition) is 0. The molecule has 0 saturated heterocycles. The summed E-state index contributed by atoms with van der Waals surface area (Å²) in [6.45, 7) is 6.46. The third-order valence-electron chi connectivity index (χ3n) is 10.0. The van der Waals surface area contributed by atoms with Crippen LogP contribution in [-0.4, -0.2) is 76.5 Å². The van der Waals surface area contributed by atoms with Gasteiger partial charge in [-0.25, -0.2) is 0 Å². The van der Waals surface area contributed by atoms with Gasteiger partial charge in [-0.05, 0) is 135 Å². The SMILES string of the molecule is C[N+](C)(CCCCCC[N+](C)(C)CCCCCOc1ccc(-c2ccc(C#N)cc2)cc1)CCCCCOc1ccc(-c2ccc(C#N)cc2)cc1. The van der Waals surface area contributed by atoms with E-state index in [1.54, 1.807) is 0 Å². The molecule has 0 radical (unpaired) electrons. The average molecular weight is 701 g/mol. The molecule has 0 atom stereocenters. The molecule has 0 aliphatic rings. The number of ether oxygens (including phenoxy) is 2. The molecule has 0 amide bonds. The van der Waals surface area contributed by atoms with Gasteiger partial charge in [0.25, 0.3) is 0 Å². The smallest absolute Gasteiger partial charge is 0.119 e. The molecule has 4 aromatic carbocycles. The Labute approximate surface area is 314 Å². The number of unbranched alkanes of at least 4 members (excludes halogenated alkanes) is 7. The van der Waals surface area contributed by atoms with Crippen molar-refractivity contribution < 1.29 is 18.4 Å². The van der Waals surface area contributed by atoms with E-state index in [1.165, 1.54) is 77.5 Å². The van der Waals surface area contributed by atoms with Crippen molar-refractivity contribution in [2.75, 3.05) is 67.6 Å². The Balaban J connectivity index is 0.963. The highest BCUT2D eigenvalue weighted by molar-refractivity contribution is 5.65. The molecule has 6 nitrogen and oxygen atoms in total. The van der Waals surface area contributed by atoms with Crippen LogP contribution in [0.4, 0.5) is 0 Å². The zero-order valence-corrected chi connectivity index (χ0v) is 32.2. The van der Waals surface area contributed by atoms with Crippen LogP contribution in [0.2, 0.25) is 0 Å². The van der Waals surface area contributed by atoms with Gasteiger partial charge in [0.15, 0.2) is 0 Å². The summed E-state index contributed by atoms with van der Waals surface area (Å²) >= 11 is 0. The summed E-state index contributed by atoms with van der Waals surface area (Å²) in [5.74, 6) is 1.83. The van der Waals surface area contributed by atoms with Crippen LogP contribution in [0.1, 0.15) is 75.3 Å². The maximum absolute atomic E-state index is 9.00. The van der Waals surface area contributed by atoms with Crippen LogP contribution in [0.5, 0.6) is 11.5 Å². The van der Waals surface area contributed by atoms with Crippen LogP contribution in [0.25, 0.3) is 22.3 Å². The fourth-order valence-corrected chi connectivity index (χ4v) is 6.64. The van der Waals surface area contributed by atoms with E-state index in [1.807, 2.05) is 72.8 Å². The lowest BCUT2D eigenvalue weighted by atomic mass is 10.0. The summed E-state index contributed by atoms with van der Waals surface area (Å²) in [7, 11) is 9.52. The number of benzene rings is 4. The van der Waals surface area contributed by atoms with Crippen molar-refractivity contribution in [2.24, 2.45) is 0 Å². The van der Waals surface area contributed by atoms with Gasteiger partial charge >= 0.3 is 0 Å². The maximum atomic E-state index is 9.00. The molecule has 0 bridgehead atoms. The minimum atomic E-state index is 0.680. The molecule has 0 aliphatic carbocycles. The fraction of sp³-hybridized carbons (Fsp3) is 0.435. The maximum Gasteiger partial charge on any atom is 0.119 e. The van der Waals surface area contributed by atoms with E-state index in [9.17, 15) is 0 Å². The molecule has 0 aromatic heterocycles. The largest absolute Gasteiger partial charge is 0.494 e. The summed E-state index contributed by atoms with van der Waals surface area (Å²) in [5.41, 5.74) is 5.84. The average Bonchev–Trinajstić information content (AvgIpc) is 3.16. The first-order valence-corrected chi connectivity index (χ1v) is 19.3. The van der Waals surface area contributed by atoms with Gasteiger partial charge in [-0.2, -0.15) is 10.5 Å². The lowest BCUT2D eigenvalue weighted by Gasteiger charge is -2.31. The topological polar surface area (TPSA) is 66.0 Å². The highest BCUT2D eigenvalue weighted by atomic mass is 16.5. The van der Waals surface area contributed by atoms with Crippen molar-refractivity contribution >= 4 is 0 Å². The lowest BCUT2D eigenvalue weighted by molar-refractivity contribution is -0.891. The summed E-state index contributed by atoms with van der Waals surface area (Å²) in [6.07, 6.45) is 12.3. The molecule has 0 saturated carbocycles. The molecule has 52 heavy (non-hydrogen) atoms. The third kappa shape index (κ3) is 14.5. The highest BCUT2D eigenvalue weighted by Crippen LogP contribution is 2.24. The van der Waals surface area contributed by atoms with Gasteiger partial charge in [0, 0.05) is 0 Å². The van der Waals surface area contributed by atoms with Gasteiger partial charge in [0.05, 0.1) is 90.8 Å². The van der Waals surface area contributed by atoms with Crippen LogP contribution < -0.4 is 9.47 Å². The van der Waals surface area contributed by atoms with Gasteiger partial charge in [-0.15, -0.1) is 0 Å². The first-order chi connectivity index (χ1) is 25.2. The van der Waals surface area contributed by atoms with E-state index in [0.29, 0.717) is 11.1 Å². The highest BCUT2D eigenvalue weighted by Gasteiger charge is 2.16. The standard InChI is InChI=1S/C46H60N4O2/c1-49(2,33-11-7-13-35-51-45-27-23-43(24-28-45)41-19-15-39(37-47)16-20-41)31-9-5-6-10-32-50(3,4)34-12-8-14-36-52-46-29-25-44(26-30-46)42-21-17-40(38-48)18-22-42/h15-30H,5-14,31-36H2,1-4H3/q+2. The van der Waals surface area contributed by atoms with Gasteiger partial charge in [-0.3, -0.25) is 0 Å². The Kier molecular flexibility index (Phi) is 16.2. The van der Waals surface area contributed by atoms with E-state index >= 15 is 0 Å². The molecule has 0 spiro atoms. The summed E-state index contributed by atoms with van der Waals surface area (Å²) < 4.78 is 14.2. The second-order valence-corrected chi connectivity index (χ2v) is 15.4. The molecule has 0 N–H and O–H groups in total. The fourth-order valence-electron chi connectivity index (χ4n) is 6.64. The van der Waals surface area contributed by atoms with Crippen molar-refractivity contribution in [3.05, 3.63) is 108 Å². The molecular weight excluding hydrogens is 641 g/mol. The summed E-state index contributed by atoms with van der Waals surface area (Å²) in [6, 6.07) is 36.2. The number of hydrogen-bond acceptors (Lipinski definition) is 4. The van der Waals surface area contributed by atoms with Gasteiger partial charge in [0.2, 0.25) is 0 Å². The van der Waals surface area contributed by atoms with Crippen LogP contribution in [0.3, 0.4) is 0 Å². The quantitative estimate of drug-likeness (QED) is 0.0571. The van der Waals surface area contributed by atoms with Crippen molar-refractivity contribution in [1.29, 1.82) is 10.5 Å². The number of quaternary nitrogens is 2. The van der Waals surface area contributed by atoms with E-state index in [4.69, 9.17) is 20.0 Å². The lowest BCUT2D eigenvalue weighted by Crippen LogP contribution is -2.41. The molecular formula is C46H60N4O2+2. The molecule has 4 aromatic rings. The van der Waals surface area contributed by atoms with Crippen LogP contribution in [0.15, 0.2) is 97.1 Å². The normalized spacial score (nSPS) is 11.5. The van der Waals surface area contributed by atoms with Crippen LogP contribution in [0, 0.1) is 22.7 Å². The second-order valence-electron chi connectivity index (χ2n) is 15.4. The first kappa shape index (κ1) is 40.2. The van der Waals surface area contributed by atoms with Crippen LogP contribution >= 0.6 is 0 Å². The number of rotatable bonds is 23. The Morgan fingerprint density at radius 2 is 0.654 bits per heavy atom. The van der Waals surface area contributed by atoms with Crippen molar-refractivity contribution in [3.8, 4) is 45.9 Å². The van der Waals surface area contributed by atoms with Gasteiger partial charge < -0.3 is 18.4 Å². The van der Waals surface area contributed by atoms with E-state index in [0.717, 1.165) is 68.8 Å². The molecule has 6 heteroatoms. The number of nitriles is 2. The van der Waals surface area contributed by atoms with Crippen LogP contribution in [-0.2, 0) is 0 Å². The third-order valence-corrected chi connectivity index (χ3v) is 10.0. The van der Waals surface area contributed by atoms with E-state index < -0.39 is 0 Å². The van der Waals surface area contributed by atoms with Crippen molar-refractivity contribution in [2.45, 2.75) is 64.2 Å².